The highest BCUT2D eigenvalue weighted by molar-refractivity contribution is 8.18. The second-order valence-corrected chi connectivity index (χ2v) is 8.94. The van der Waals surface area contributed by atoms with Crippen LogP contribution in [0.4, 0.5) is 0 Å². The van der Waals surface area contributed by atoms with E-state index in [-0.39, 0.29) is 29.6 Å². The lowest BCUT2D eigenvalue weighted by molar-refractivity contribution is -0.138. The summed E-state index contributed by atoms with van der Waals surface area (Å²) in [7, 11) is 0. The van der Waals surface area contributed by atoms with Crippen LogP contribution in [0.5, 0.6) is 11.5 Å². The van der Waals surface area contributed by atoms with Crippen LogP contribution < -0.4 is 9.47 Å². The van der Waals surface area contributed by atoms with Crippen molar-refractivity contribution in [2.24, 2.45) is 4.99 Å². The average molecular weight is 528 g/mol. The van der Waals surface area contributed by atoms with Gasteiger partial charge in [0.05, 0.1) is 23.1 Å². The van der Waals surface area contributed by atoms with E-state index < -0.39 is 11.9 Å². The topological polar surface area (TPSA) is 94.4 Å². The number of esters is 1. The van der Waals surface area contributed by atoms with Crippen molar-refractivity contribution in [3.63, 3.8) is 0 Å². The van der Waals surface area contributed by atoms with Gasteiger partial charge in [-0.1, -0.05) is 53.7 Å². The van der Waals surface area contributed by atoms with E-state index in [1.54, 1.807) is 55.5 Å². The van der Waals surface area contributed by atoms with Crippen molar-refractivity contribution in [2.45, 2.75) is 20.8 Å². The van der Waals surface area contributed by atoms with Gasteiger partial charge in [-0.05, 0) is 56.7 Å². The maximum atomic E-state index is 12.8. The Morgan fingerprint density at radius 3 is 2.50 bits per heavy atom. The molecule has 0 atom stereocenters. The van der Waals surface area contributed by atoms with Gasteiger partial charge in [0.25, 0.3) is 5.91 Å². The van der Waals surface area contributed by atoms with Gasteiger partial charge in [0, 0.05) is 5.56 Å². The number of halogens is 1. The van der Waals surface area contributed by atoms with Crippen molar-refractivity contribution in [3.05, 3.63) is 87.0 Å². The summed E-state index contributed by atoms with van der Waals surface area (Å²) < 4.78 is 16.4. The van der Waals surface area contributed by atoms with Crippen molar-refractivity contribution in [3.8, 4) is 11.5 Å². The molecule has 0 saturated carbocycles. The standard InChI is InChI=1S/C27H26ClNO6S/c1-5-12-35-24-19(28)13-17(14-20(24)33-6-2)15-21-23(30)22(27(32)34-7-3)26(36-21)29-25(31)18-10-8-16(4)9-11-18/h5,8-11,13-15,30H,1,6-7,12H2,2-4H3/b21-15-,29-26?. The Bertz CT molecular complexity index is 1260. The molecule has 188 valence electrons. The van der Waals surface area contributed by atoms with Crippen LogP contribution in [0, 0.1) is 6.92 Å². The quantitative estimate of drug-likeness (QED) is 0.301. The molecule has 1 amide bonds. The Labute approximate surface area is 219 Å². The zero-order valence-electron chi connectivity index (χ0n) is 20.2. The Morgan fingerprint density at radius 2 is 1.86 bits per heavy atom. The number of aliphatic hydroxyl groups excluding tert-OH is 1. The maximum Gasteiger partial charge on any atom is 0.344 e. The van der Waals surface area contributed by atoms with E-state index in [1.165, 1.54) is 0 Å². The van der Waals surface area contributed by atoms with Gasteiger partial charge in [0.2, 0.25) is 0 Å². The molecule has 3 rings (SSSR count). The third-order valence-corrected chi connectivity index (χ3v) is 6.15. The minimum atomic E-state index is -0.775. The predicted molar refractivity (Wildman–Crippen MR) is 143 cm³/mol. The van der Waals surface area contributed by atoms with Crippen molar-refractivity contribution in [2.75, 3.05) is 19.8 Å². The summed E-state index contributed by atoms with van der Waals surface area (Å²) in [5.41, 5.74) is 1.76. The molecule has 9 heteroatoms. The highest BCUT2D eigenvalue weighted by atomic mass is 35.5. The van der Waals surface area contributed by atoms with E-state index in [4.69, 9.17) is 25.8 Å². The highest BCUT2D eigenvalue weighted by Gasteiger charge is 2.34. The zero-order valence-corrected chi connectivity index (χ0v) is 21.7. The summed E-state index contributed by atoms with van der Waals surface area (Å²) in [5, 5.41) is 11.3. The van der Waals surface area contributed by atoms with Gasteiger partial charge >= 0.3 is 5.97 Å². The van der Waals surface area contributed by atoms with Gasteiger partial charge in [0.15, 0.2) is 11.5 Å². The first-order chi connectivity index (χ1) is 17.3. The van der Waals surface area contributed by atoms with E-state index in [0.29, 0.717) is 39.2 Å². The molecule has 2 aromatic rings. The van der Waals surface area contributed by atoms with E-state index in [2.05, 4.69) is 11.6 Å². The second-order valence-electron chi connectivity index (χ2n) is 7.51. The minimum absolute atomic E-state index is 0.0461. The predicted octanol–water partition coefficient (Wildman–Crippen LogP) is 6.31. The number of aryl methyl sites for hydroxylation is 1. The van der Waals surface area contributed by atoms with Crippen molar-refractivity contribution >= 4 is 46.4 Å². The first kappa shape index (κ1) is 27.1. The Morgan fingerprint density at radius 1 is 1.14 bits per heavy atom. The lowest BCUT2D eigenvalue weighted by atomic mass is 10.1. The minimum Gasteiger partial charge on any atom is -0.506 e. The number of amides is 1. The van der Waals surface area contributed by atoms with Crippen LogP contribution in [0.2, 0.25) is 5.02 Å². The molecule has 0 bridgehead atoms. The zero-order chi connectivity index (χ0) is 26.2. The van der Waals surface area contributed by atoms with Gasteiger partial charge in [-0.25, -0.2) is 9.79 Å². The number of carbonyl (C=O) groups excluding carboxylic acids is 2. The lowest BCUT2D eigenvalue weighted by Gasteiger charge is -2.13. The van der Waals surface area contributed by atoms with Crippen LogP contribution in [0.1, 0.15) is 35.3 Å². The van der Waals surface area contributed by atoms with Crippen LogP contribution in [0.25, 0.3) is 6.08 Å². The molecular formula is C27H26ClNO6S. The van der Waals surface area contributed by atoms with Crippen LogP contribution in [-0.4, -0.2) is 41.8 Å². The Kier molecular flexibility index (Phi) is 9.38. The van der Waals surface area contributed by atoms with Gasteiger partial charge in [-0.2, -0.15) is 0 Å². The molecule has 0 unspecified atom stereocenters. The fourth-order valence-electron chi connectivity index (χ4n) is 3.21. The van der Waals surface area contributed by atoms with E-state index in [1.807, 2.05) is 13.8 Å². The monoisotopic (exact) mass is 527 g/mol. The SMILES string of the molecule is C=CCOc1c(Cl)cc(/C=C2\SC(=NC(=O)c3ccc(C)cc3)C(C(=O)OCC)=C2O)cc1OCC. The lowest BCUT2D eigenvalue weighted by Crippen LogP contribution is -2.14. The summed E-state index contributed by atoms with van der Waals surface area (Å²) in [5.74, 6) is -0.868. The molecule has 1 aliphatic heterocycles. The molecule has 0 aromatic heterocycles. The van der Waals surface area contributed by atoms with Crippen molar-refractivity contribution in [1.29, 1.82) is 0 Å². The molecule has 0 saturated heterocycles. The Balaban J connectivity index is 2.03. The molecule has 1 heterocycles. The third kappa shape index (κ3) is 6.38. The van der Waals surface area contributed by atoms with Gasteiger partial charge in [-0.3, -0.25) is 4.79 Å². The molecule has 1 N–H and O–H groups in total. The molecule has 0 radical (unpaired) electrons. The molecule has 2 aromatic carbocycles. The number of hydrogen-bond donors (Lipinski definition) is 1. The molecule has 1 aliphatic rings. The first-order valence-electron chi connectivity index (χ1n) is 11.2. The van der Waals surface area contributed by atoms with E-state index in [9.17, 15) is 14.7 Å². The molecule has 0 fully saturated rings. The summed E-state index contributed by atoms with van der Waals surface area (Å²) in [6.45, 7) is 9.74. The highest BCUT2D eigenvalue weighted by Crippen LogP contribution is 2.42. The normalized spacial score (nSPS) is 15.3. The number of carbonyl (C=O) groups is 2. The molecule has 7 nitrogen and oxygen atoms in total. The number of thioether (sulfide) groups is 1. The summed E-state index contributed by atoms with van der Waals surface area (Å²) in [6.07, 6.45) is 3.21. The fraction of sp³-hybridized carbons (Fsp3) is 0.222. The van der Waals surface area contributed by atoms with Crippen molar-refractivity contribution < 1.29 is 28.9 Å². The number of aliphatic imine (C=N–C) groups is 1. The average Bonchev–Trinajstić information content (AvgIpc) is 3.13. The van der Waals surface area contributed by atoms with Crippen LogP contribution in [-0.2, 0) is 9.53 Å². The number of rotatable bonds is 9. The number of aliphatic hydroxyl groups is 1. The van der Waals surface area contributed by atoms with Gasteiger partial charge in [0.1, 0.15) is 23.0 Å². The molecule has 36 heavy (non-hydrogen) atoms. The number of ether oxygens (including phenoxy) is 3. The number of nitrogens with zero attached hydrogens (tertiary/aromatic N) is 1. The second kappa shape index (κ2) is 12.5. The van der Waals surface area contributed by atoms with Crippen LogP contribution >= 0.6 is 23.4 Å². The van der Waals surface area contributed by atoms with E-state index in [0.717, 1.165) is 17.3 Å². The fourth-order valence-corrected chi connectivity index (χ4v) is 4.50. The third-order valence-electron chi connectivity index (χ3n) is 4.85. The number of benzene rings is 2. The largest absolute Gasteiger partial charge is 0.506 e. The Hall–Kier alpha value is -3.49. The summed E-state index contributed by atoms with van der Waals surface area (Å²) >= 11 is 7.41. The summed E-state index contributed by atoms with van der Waals surface area (Å²) in [4.78, 5) is 29.8. The van der Waals surface area contributed by atoms with Crippen molar-refractivity contribution in [1.82, 2.24) is 0 Å². The van der Waals surface area contributed by atoms with Gasteiger partial charge < -0.3 is 19.3 Å². The van der Waals surface area contributed by atoms with Crippen LogP contribution in [0.3, 0.4) is 0 Å². The molecule has 0 spiro atoms. The smallest absolute Gasteiger partial charge is 0.344 e. The first-order valence-corrected chi connectivity index (χ1v) is 12.4. The van der Waals surface area contributed by atoms with Gasteiger partial charge in [-0.15, -0.1) is 0 Å². The maximum absolute atomic E-state index is 12.8. The van der Waals surface area contributed by atoms with Crippen LogP contribution in [0.15, 0.2) is 70.3 Å². The van der Waals surface area contributed by atoms with E-state index >= 15 is 0 Å². The number of hydrogen-bond acceptors (Lipinski definition) is 7. The summed E-state index contributed by atoms with van der Waals surface area (Å²) in [6, 6.07) is 10.2. The molecular weight excluding hydrogens is 502 g/mol. The molecule has 0 aliphatic carbocycles.